The number of thiophene rings is 1. The van der Waals surface area contributed by atoms with Crippen LogP contribution >= 0.6 is 54.8 Å². The average Bonchev–Trinajstić information content (AvgIpc) is 2.76. The number of ether oxygens (including phenoxy) is 1. The van der Waals surface area contributed by atoms with Crippen molar-refractivity contribution in [3.05, 3.63) is 42.4 Å². The number of rotatable bonds is 5. The highest BCUT2D eigenvalue weighted by Gasteiger charge is 2.10. The van der Waals surface area contributed by atoms with Crippen molar-refractivity contribution in [1.82, 2.24) is 0 Å². The van der Waals surface area contributed by atoms with Crippen molar-refractivity contribution >= 4 is 60.5 Å². The lowest BCUT2D eigenvalue weighted by atomic mass is 10.3. The number of hydrogen-bond acceptors (Lipinski definition) is 3. The van der Waals surface area contributed by atoms with Gasteiger partial charge in [-0.15, -0.1) is 11.3 Å². The molecule has 102 valence electrons. The van der Waals surface area contributed by atoms with Crippen molar-refractivity contribution in [1.29, 1.82) is 0 Å². The van der Waals surface area contributed by atoms with Gasteiger partial charge in [-0.25, -0.2) is 0 Å². The number of nitrogens with one attached hydrogen (secondary N) is 1. The van der Waals surface area contributed by atoms with Gasteiger partial charge in [0.25, 0.3) is 0 Å². The van der Waals surface area contributed by atoms with Gasteiger partial charge in [0.05, 0.1) is 16.8 Å². The molecule has 2 aromatic rings. The Kier molecular flexibility index (Phi) is 5.57. The molecule has 0 saturated heterocycles. The molecule has 0 unspecified atom stereocenters. The Morgan fingerprint density at radius 3 is 2.74 bits per heavy atom. The van der Waals surface area contributed by atoms with Crippen LogP contribution < -0.4 is 10.1 Å². The van der Waals surface area contributed by atoms with Gasteiger partial charge in [-0.2, -0.15) is 0 Å². The van der Waals surface area contributed by atoms with E-state index >= 15 is 0 Å². The summed E-state index contributed by atoms with van der Waals surface area (Å²) in [4.78, 5) is 1.24. The van der Waals surface area contributed by atoms with E-state index in [1.165, 1.54) is 4.88 Å². The van der Waals surface area contributed by atoms with Gasteiger partial charge >= 0.3 is 0 Å². The molecule has 0 aliphatic heterocycles. The second-order valence-corrected chi connectivity index (χ2v) is 6.98. The first-order valence-corrected chi connectivity index (χ1v) is 8.53. The van der Waals surface area contributed by atoms with E-state index in [9.17, 15) is 0 Å². The van der Waals surface area contributed by atoms with Crippen LogP contribution in [0.15, 0.2) is 32.5 Å². The number of hydrogen-bond donors (Lipinski definition) is 1. The fraction of sp³-hybridized carbons (Fsp3) is 0.231. The summed E-state index contributed by atoms with van der Waals surface area (Å²) in [6, 6.07) is 5.80. The molecule has 1 N–H and O–H groups in total. The highest BCUT2D eigenvalue weighted by atomic mass is 79.9. The number of anilines is 1. The fourth-order valence-corrected chi connectivity index (χ4v) is 3.93. The Hall–Kier alpha value is -0.230. The minimum absolute atomic E-state index is 0.611. The zero-order valence-electron chi connectivity index (χ0n) is 10.2. The largest absolute Gasteiger partial charge is 0.491 e. The Morgan fingerprint density at radius 2 is 2.11 bits per heavy atom. The van der Waals surface area contributed by atoms with Crippen LogP contribution in [0, 0.1) is 0 Å². The van der Waals surface area contributed by atoms with Crippen molar-refractivity contribution in [2.45, 2.75) is 13.5 Å². The van der Waals surface area contributed by atoms with Crippen molar-refractivity contribution in [3.63, 3.8) is 0 Å². The first-order chi connectivity index (χ1) is 9.10. The molecule has 19 heavy (non-hydrogen) atoms. The monoisotopic (exact) mass is 423 g/mol. The van der Waals surface area contributed by atoms with Crippen LogP contribution in [0.1, 0.15) is 11.8 Å². The molecule has 0 atom stereocenters. The second-order valence-electron chi connectivity index (χ2n) is 3.78. The maximum atomic E-state index is 6.08. The quantitative estimate of drug-likeness (QED) is 0.640. The Balaban J connectivity index is 2.18. The van der Waals surface area contributed by atoms with Crippen LogP contribution in [0.25, 0.3) is 0 Å². The highest BCUT2D eigenvalue weighted by molar-refractivity contribution is 9.10. The standard InChI is InChI=1S/C13H12Br2ClNOS/c1-2-18-13-11(15)4-9(16)5-12(13)17-6-10-3-8(14)7-19-10/h3-5,7,17H,2,6H2,1H3. The molecule has 1 aromatic carbocycles. The molecule has 0 radical (unpaired) electrons. The molecule has 6 heteroatoms. The SMILES string of the molecule is CCOc1c(Br)cc(Cl)cc1NCc1cc(Br)cs1. The van der Waals surface area contributed by atoms with Crippen LogP contribution in [-0.4, -0.2) is 6.61 Å². The first-order valence-electron chi connectivity index (χ1n) is 5.68. The number of halogens is 3. The lowest BCUT2D eigenvalue weighted by Crippen LogP contribution is -2.02. The van der Waals surface area contributed by atoms with Gasteiger partial charge in [0.2, 0.25) is 0 Å². The molecule has 0 fully saturated rings. The first kappa shape index (κ1) is 15.2. The zero-order chi connectivity index (χ0) is 13.8. The van der Waals surface area contributed by atoms with Gasteiger partial charge in [0.1, 0.15) is 0 Å². The van der Waals surface area contributed by atoms with Crippen molar-refractivity contribution in [2.24, 2.45) is 0 Å². The molecule has 1 aromatic heterocycles. The summed E-state index contributed by atoms with van der Waals surface area (Å²) in [7, 11) is 0. The molecular formula is C13H12Br2ClNOS. The van der Waals surface area contributed by atoms with Gasteiger partial charge < -0.3 is 10.1 Å². The Bertz CT molecular complexity index is 574. The third-order valence-electron chi connectivity index (χ3n) is 2.37. The minimum atomic E-state index is 0.611. The van der Waals surface area contributed by atoms with E-state index in [4.69, 9.17) is 16.3 Å². The van der Waals surface area contributed by atoms with Crippen LogP contribution in [0.5, 0.6) is 5.75 Å². The topological polar surface area (TPSA) is 21.3 Å². The lowest BCUT2D eigenvalue weighted by Gasteiger charge is -2.14. The third-order valence-corrected chi connectivity index (χ3v) is 4.88. The van der Waals surface area contributed by atoms with Gasteiger partial charge in [0, 0.05) is 26.3 Å². The van der Waals surface area contributed by atoms with Crippen molar-refractivity contribution in [2.75, 3.05) is 11.9 Å². The summed E-state index contributed by atoms with van der Waals surface area (Å²) in [6.07, 6.45) is 0. The summed E-state index contributed by atoms with van der Waals surface area (Å²) in [5.41, 5.74) is 0.894. The normalized spacial score (nSPS) is 10.5. The molecule has 1 heterocycles. The van der Waals surface area contributed by atoms with E-state index in [1.807, 2.05) is 19.1 Å². The van der Waals surface area contributed by atoms with Crippen LogP contribution in [-0.2, 0) is 6.54 Å². The predicted octanol–water partition coefficient (Wildman–Crippen LogP) is 5.94. The summed E-state index contributed by atoms with van der Waals surface area (Å²) < 4.78 is 7.60. The smallest absolute Gasteiger partial charge is 0.156 e. The second kappa shape index (κ2) is 6.97. The van der Waals surface area contributed by atoms with Crippen LogP contribution in [0.3, 0.4) is 0 Å². The molecular weight excluding hydrogens is 413 g/mol. The number of benzene rings is 1. The van der Waals surface area contributed by atoms with Crippen LogP contribution in [0.2, 0.25) is 5.02 Å². The van der Waals surface area contributed by atoms with Gasteiger partial charge in [-0.1, -0.05) is 11.6 Å². The van der Waals surface area contributed by atoms with E-state index in [0.29, 0.717) is 11.6 Å². The highest BCUT2D eigenvalue weighted by Crippen LogP contribution is 2.37. The van der Waals surface area contributed by atoms with E-state index in [2.05, 4.69) is 48.6 Å². The lowest BCUT2D eigenvalue weighted by molar-refractivity contribution is 0.339. The zero-order valence-corrected chi connectivity index (χ0v) is 14.9. The van der Waals surface area contributed by atoms with Gasteiger partial charge in [-0.05, 0) is 57.0 Å². The molecule has 0 spiro atoms. The summed E-state index contributed by atoms with van der Waals surface area (Å²) in [5.74, 6) is 0.794. The summed E-state index contributed by atoms with van der Waals surface area (Å²) >= 11 is 14.7. The van der Waals surface area contributed by atoms with E-state index in [1.54, 1.807) is 11.3 Å². The molecule has 0 aliphatic carbocycles. The summed E-state index contributed by atoms with van der Waals surface area (Å²) in [5, 5.41) is 6.09. The van der Waals surface area contributed by atoms with Gasteiger partial charge in [0.15, 0.2) is 5.75 Å². The Labute approximate surface area is 138 Å². The molecule has 0 saturated carbocycles. The molecule has 2 nitrogen and oxygen atoms in total. The van der Waals surface area contributed by atoms with Crippen LogP contribution in [0.4, 0.5) is 5.69 Å². The summed E-state index contributed by atoms with van der Waals surface area (Å²) in [6.45, 7) is 3.31. The van der Waals surface area contributed by atoms with Gasteiger partial charge in [-0.3, -0.25) is 0 Å². The third kappa shape index (κ3) is 4.12. The molecule has 2 rings (SSSR count). The maximum absolute atomic E-state index is 6.08. The Morgan fingerprint density at radius 1 is 1.32 bits per heavy atom. The van der Waals surface area contributed by atoms with E-state index < -0.39 is 0 Å². The maximum Gasteiger partial charge on any atom is 0.156 e. The van der Waals surface area contributed by atoms with E-state index in [-0.39, 0.29) is 0 Å². The van der Waals surface area contributed by atoms with Crippen molar-refractivity contribution < 1.29 is 4.74 Å². The van der Waals surface area contributed by atoms with Crippen molar-refractivity contribution in [3.8, 4) is 5.75 Å². The minimum Gasteiger partial charge on any atom is -0.491 e. The molecule has 0 aliphatic rings. The average molecular weight is 426 g/mol. The molecule has 0 bridgehead atoms. The molecule has 0 amide bonds. The predicted molar refractivity (Wildman–Crippen MR) is 89.7 cm³/mol. The fourth-order valence-electron chi connectivity index (χ4n) is 1.61. The van der Waals surface area contributed by atoms with E-state index in [0.717, 1.165) is 26.9 Å².